The minimum Gasteiger partial charge on any atom is 0 e. The molecule has 0 bridgehead atoms. The molecular weight excluding hydrogens is 957 g/mol. The molecule has 70 heavy (non-hydrogen) atoms. The maximum atomic E-state index is 12.4. The quantitative estimate of drug-likeness (QED) is 0.0655. The molecular formula is C58H44F6MnN2O2P-. The van der Waals surface area contributed by atoms with Crippen LogP contribution >= 0.6 is 7.81 Å². The van der Waals surface area contributed by atoms with Gasteiger partial charge in [-0.2, -0.15) is 0 Å². The Morgan fingerprint density at radius 2 is 0.671 bits per heavy atom. The zero-order chi connectivity index (χ0) is 48.6. The number of nitrogens with zero attached hydrogens (tertiary/aromatic N) is 2. The van der Waals surface area contributed by atoms with Crippen molar-refractivity contribution in [3.63, 3.8) is 0 Å². The molecule has 4 nitrogen and oxygen atoms in total. The van der Waals surface area contributed by atoms with Gasteiger partial charge in [-0.25, -0.2) is 0 Å². The average molecular weight is 1000 g/mol. The van der Waals surface area contributed by atoms with E-state index in [1.807, 2.05) is 109 Å². The molecule has 1 radical (unpaired) electrons. The summed E-state index contributed by atoms with van der Waals surface area (Å²) in [4.78, 5) is 10.7. The molecule has 0 spiro atoms. The summed E-state index contributed by atoms with van der Waals surface area (Å²) in [6.07, 6.45) is 3.62. The zero-order valence-corrected chi connectivity index (χ0v) is 39.7. The van der Waals surface area contributed by atoms with Crippen molar-refractivity contribution in [2.75, 3.05) is 0 Å². The molecule has 0 amide bonds. The minimum atomic E-state index is -10.7. The molecule has 0 fully saturated rings. The second-order valence-corrected chi connectivity index (χ2v) is 18.9. The summed E-state index contributed by atoms with van der Waals surface area (Å²) in [5.74, 6) is 0.353. The number of phenolic OH excluding ortho intramolecular Hbond substituents is 2. The number of hydrogen-bond acceptors (Lipinski definition) is 4. The summed E-state index contributed by atoms with van der Waals surface area (Å²) in [6.45, 7) is 4.20. The van der Waals surface area contributed by atoms with Crippen LogP contribution in [-0.2, 0) is 17.1 Å². The van der Waals surface area contributed by atoms with Gasteiger partial charge in [-0.1, -0.05) is 182 Å². The molecule has 0 aliphatic rings. The second kappa shape index (κ2) is 18.9. The van der Waals surface area contributed by atoms with Crippen molar-refractivity contribution in [2.45, 2.75) is 25.9 Å². The van der Waals surface area contributed by atoms with Crippen molar-refractivity contribution in [1.29, 1.82) is 0 Å². The fourth-order valence-corrected chi connectivity index (χ4v) is 9.17. The van der Waals surface area contributed by atoms with Crippen molar-refractivity contribution >= 4 is 63.3 Å². The first-order valence-electron chi connectivity index (χ1n) is 22.1. The predicted octanol–water partition coefficient (Wildman–Crippen LogP) is 18.1. The van der Waals surface area contributed by atoms with Gasteiger partial charge in [0.2, 0.25) is 0 Å². The van der Waals surface area contributed by atoms with Crippen LogP contribution in [0.2, 0.25) is 0 Å². The fraction of sp³-hybridized carbons (Fsp3) is 0.0690. The fourth-order valence-electron chi connectivity index (χ4n) is 9.17. The standard InChI is InChI=1S/C58H44N2O2.F6P.Mn/c1-37-29-31-39-17-9-13-25-47(39)51(37)53-49-27-15-11-23-43(49)33-45(57(53)61)35-59-55(41-19-5-3-6-20-41)56(42-21-7-4-8-22-42)60-36-46-34-44-24-12-16-28-50(44)54(58(46)62)52-38(2)30-32-40-18-10-14-26-48(40)52;1-7(2,3,4,5)6;/h3-36,55-56,61-62H,1-2H3;;/q;-1;/t55-,56-;;/m0../s1. The Balaban J connectivity index is 0.000000767. The van der Waals surface area contributed by atoms with Crippen LogP contribution in [0.5, 0.6) is 11.5 Å². The van der Waals surface area contributed by atoms with E-state index in [4.69, 9.17) is 9.98 Å². The molecule has 2 atom stereocenters. The molecule has 10 rings (SSSR count). The monoisotopic (exact) mass is 1000 g/mol. The van der Waals surface area contributed by atoms with Gasteiger partial charge in [0.1, 0.15) is 23.6 Å². The number of hydrogen-bond donors (Lipinski definition) is 2. The Kier molecular flexibility index (Phi) is 13.3. The van der Waals surface area contributed by atoms with Crippen molar-refractivity contribution < 1.29 is 52.5 Å². The Morgan fingerprint density at radius 3 is 1.01 bits per heavy atom. The van der Waals surface area contributed by atoms with Gasteiger partial charge in [0, 0.05) is 51.8 Å². The van der Waals surface area contributed by atoms with Crippen LogP contribution < -0.4 is 0 Å². The summed E-state index contributed by atoms with van der Waals surface area (Å²) >= 11 is 0. The van der Waals surface area contributed by atoms with E-state index in [1.54, 1.807) is 0 Å². The summed E-state index contributed by atoms with van der Waals surface area (Å²) in [5, 5.41) is 33.1. The van der Waals surface area contributed by atoms with Gasteiger partial charge in [-0.3, -0.25) is 9.98 Å². The van der Waals surface area contributed by atoms with Crippen LogP contribution in [0, 0.1) is 13.8 Å². The topological polar surface area (TPSA) is 65.2 Å². The molecule has 0 saturated carbocycles. The van der Waals surface area contributed by atoms with Gasteiger partial charge in [-0.05, 0) is 102 Å². The van der Waals surface area contributed by atoms with Crippen LogP contribution in [-0.4, -0.2) is 22.6 Å². The second-order valence-electron chi connectivity index (χ2n) is 17.0. The van der Waals surface area contributed by atoms with E-state index in [0.29, 0.717) is 11.1 Å². The van der Waals surface area contributed by atoms with E-state index >= 15 is 0 Å². The van der Waals surface area contributed by atoms with Crippen LogP contribution in [0.3, 0.4) is 0 Å². The third-order valence-electron chi connectivity index (χ3n) is 12.2. The van der Waals surface area contributed by atoms with E-state index in [1.165, 1.54) is 0 Å². The largest absolute Gasteiger partial charge is 0 e. The van der Waals surface area contributed by atoms with Gasteiger partial charge >= 0.3 is 33.0 Å². The first kappa shape index (κ1) is 49.1. The van der Waals surface area contributed by atoms with E-state index in [-0.39, 0.29) is 28.6 Å². The number of rotatable bonds is 9. The summed E-state index contributed by atoms with van der Waals surface area (Å²) in [5.41, 5.74) is 8.91. The molecule has 0 saturated heterocycles. The SMILES string of the molecule is Cc1ccc2ccccc2c1-c1c(O)c(C=N[C@@H](c2ccccc2)[C@@H](N=Cc2cc3ccccc3c(-c3c(C)ccc4ccccc34)c2O)c2ccccc2)cc2ccccc12.F[P-](F)(F)(F)(F)F.[Mn]. The minimum absolute atomic E-state index is 0. The van der Waals surface area contributed by atoms with E-state index < -0.39 is 19.9 Å². The maximum Gasteiger partial charge on any atom is 0 e. The molecule has 12 heteroatoms. The van der Waals surface area contributed by atoms with E-state index in [0.717, 1.165) is 87.6 Å². The molecule has 2 N–H and O–H groups in total. The van der Waals surface area contributed by atoms with Gasteiger partial charge < -0.3 is 10.2 Å². The van der Waals surface area contributed by atoms with E-state index in [2.05, 4.69) is 111 Å². The number of aliphatic imine (C=N–C) groups is 2. The van der Waals surface area contributed by atoms with E-state index in [9.17, 15) is 35.4 Å². The molecule has 0 aliphatic heterocycles. The summed E-state index contributed by atoms with van der Waals surface area (Å²) in [7, 11) is -10.7. The third-order valence-corrected chi connectivity index (χ3v) is 12.2. The molecule has 0 heterocycles. The van der Waals surface area contributed by atoms with Crippen LogP contribution in [0.15, 0.2) is 204 Å². The van der Waals surface area contributed by atoms with Crippen LogP contribution in [0.1, 0.15) is 45.5 Å². The van der Waals surface area contributed by atoms with Gasteiger partial charge in [-0.15, -0.1) is 0 Å². The molecule has 10 aromatic rings. The first-order valence-corrected chi connectivity index (χ1v) is 24.1. The summed E-state index contributed by atoms with van der Waals surface area (Å²) in [6, 6.07) is 65.1. The maximum absolute atomic E-state index is 12.4. The Hall–Kier alpha value is -7.29. The summed E-state index contributed by atoms with van der Waals surface area (Å²) < 4.78 is 59.2. The van der Waals surface area contributed by atoms with Crippen molar-refractivity contribution in [2.24, 2.45) is 9.98 Å². The average Bonchev–Trinajstić information content (AvgIpc) is 3.33. The molecule has 10 aromatic carbocycles. The van der Waals surface area contributed by atoms with Crippen molar-refractivity contribution in [3.05, 3.63) is 228 Å². The van der Waals surface area contributed by atoms with Gasteiger partial charge in [0.15, 0.2) is 0 Å². The smallest absolute Gasteiger partial charge is 0 e. The molecule has 0 aliphatic carbocycles. The predicted molar refractivity (Wildman–Crippen MR) is 274 cm³/mol. The molecule has 353 valence electrons. The number of benzene rings is 10. The Morgan fingerprint density at radius 1 is 0.386 bits per heavy atom. The number of halogens is 6. The van der Waals surface area contributed by atoms with Crippen molar-refractivity contribution in [3.8, 4) is 33.8 Å². The van der Waals surface area contributed by atoms with Gasteiger partial charge in [0.05, 0.1) is 0 Å². The normalized spacial score (nSPS) is 13.7. The number of phenols is 2. The van der Waals surface area contributed by atoms with Crippen LogP contribution in [0.25, 0.3) is 65.3 Å². The Bertz CT molecular complexity index is 3390. The number of aryl methyl sites for hydroxylation is 2. The Labute approximate surface area is 411 Å². The number of fused-ring (bicyclic) bond motifs is 4. The van der Waals surface area contributed by atoms with Crippen LogP contribution in [0.4, 0.5) is 25.2 Å². The molecule has 0 unspecified atom stereocenters. The molecule has 0 aromatic heterocycles. The third kappa shape index (κ3) is 10.9. The zero-order valence-electron chi connectivity index (χ0n) is 37.7. The van der Waals surface area contributed by atoms with Crippen molar-refractivity contribution in [1.82, 2.24) is 0 Å². The first-order chi connectivity index (χ1) is 32.9. The van der Waals surface area contributed by atoms with Gasteiger partial charge in [0.25, 0.3) is 0 Å². The number of aromatic hydroxyl groups is 2.